The molecule has 0 bridgehead atoms. The van der Waals surface area contributed by atoms with E-state index in [1.165, 1.54) is 6.07 Å². The second kappa shape index (κ2) is 11.3. The monoisotopic (exact) mass is 363 g/mol. The van der Waals surface area contributed by atoms with Gasteiger partial charge < -0.3 is 10.5 Å². The second-order valence-electron chi connectivity index (χ2n) is 4.64. The van der Waals surface area contributed by atoms with Gasteiger partial charge in [0, 0.05) is 4.47 Å². The third-order valence-corrected chi connectivity index (χ3v) is 2.26. The molecule has 120 valence electrons. The Morgan fingerprint density at radius 2 is 1.86 bits per heavy atom. The summed E-state index contributed by atoms with van der Waals surface area (Å²) in [4.78, 5) is 20.0. The minimum Gasteiger partial charge on any atom is -0.460 e. The Hall–Kier alpha value is -1.43. The van der Waals surface area contributed by atoms with Crippen LogP contribution in [0.1, 0.15) is 40.2 Å². The molecule has 0 spiro atoms. The zero-order valence-electron chi connectivity index (χ0n) is 13.1. The molecule has 1 rings (SSSR count). The molecule has 0 aliphatic heterocycles. The number of hydrogen-bond donors (Lipinski definition) is 1. The lowest BCUT2D eigenvalue weighted by atomic mass is 10.1. The van der Waals surface area contributed by atoms with Crippen LogP contribution in [-0.2, 0) is 20.7 Å². The average Bonchev–Trinajstić information content (AvgIpc) is 2.34. The fraction of sp³-hybridized carbons (Fsp3) is 0.467. The van der Waals surface area contributed by atoms with E-state index in [1.54, 1.807) is 32.9 Å². The summed E-state index contributed by atoms with van der Waals surface area (Å²) < 4.78 is 19.2. The van der Waals surface area contributed by atoms with Crippen LogP contribution in [0.3, 0.4) is 0 Å². The van der Waals surface area contributed by atoms with Crippen LogP contribution in [0.5, 0.6) is 0 Å². The van der Waals surface area contributed by atoms with Crippen molar-refractivity contribution in [1.29, 1.82) is 0 Å². The standard InChI is InChI=1S/C12H14BrFO2.C2H6.CH3NO/c1-12(2,3)16-11(15)6-8-4-5-9(13)7-10(8)14;1-2;2-1-3/h4-5,7H,6H2,1-3H3;1-2H3;1H,(H2,2,3). The van der Waals surface area contributed by atoms with Crippen LogP contribution < -0.4 is 5.73 Å². The minimum absolute atomic E-state index is 0.0453. The average molecular weight is 364 g/mol. The van der Waals surface area contributed by atoms with Crippen molar-refractivity contribution >= 4 is 28.3 Å². The number of rotatable bonds is 2. The van der Waals surface area contributed by atoms with E-state index in [-0.39, 0.29) is 12.8 Å². The second-order valence-corrected chi connectivity index (χ2v) is 5.55. The lowest BCUT2D eigenvalue weighted by molar-refractivity contribution is -0.154. The van der Waals surface area contributed by atoms with Gasteiger partial charge in [-0.25, -0.2) is 4.39 Å². The van der Waals surface area contributed by atoms with Crippen molar-refractivity contribution in [1.82, 2.24) is 0 Å². The van der Waals surface area contributed by atoms with Gasteiger partial charge in [-0.3, -0.25) is 9.59 Å². The van der Waals surface area contributed by atoms with E-state index < -0.39 is 17.4 Å². The lowest BCUT2D eigenvalue weighted by Crippen LogP contribution is -2.25. The molecule has 21 heavy (non-hydrogen) atoms. The van der Waals surface area contributed by atoms with Gasteiger partial charge in [-0.1, -0.05) is 35.8 Å². The fourth-order valence-electron chi connectivity index (χ4n) is 1.20. The molecule has 0 saturated heterocycles. The van der Waals surface area contributed by atoms with Crippen LogP contribution in [0, 0.1) is 5.82 Å². The smallest absolute Gasteiger partial charge is 0.310 e. The number of hydrogen-bond acceptors (Lipinski definition) is 3. The quantitative estimate of drug-likeness (QED) is 0.644. The topological polar surface area (TPSA) is 69.4 Å². The van der Waals surface area contributed by atoms with Gasteiger partial charge in [0.05, 0.1) is 6.42 Å². The lowest BCUT2D eigenvalue weighted by Gasteiger charge is -2.19. The predicted molar refractivity (Wildman–Crippen MR) is 85.2 cm³/mol. The first kappa shape index (κ1) is 21.9. The molecule has 0 heterocycles. The molecule has 0 aliphatic carbocycles. The molecule has 0 aliphatic rings. The van der Waals surface area contributed by atoms with Crippen molar-refractivity contribution < 1.29 is 18.7 Å². The molecular formula is C15H23BrFNO3. The van der Waals surface area contributed by atoms with Gasteiger partial charge in [-0.15, -0.1) is 0 Å². The summed E-state index contributed by atoms with van der Waals surface area (Å²) in [6.07, 6.45) is 0.205. The number of nitrogens with two attached hydrogens (primary N) is 1. The van der Waals surface area contributed by atoms with Gasteiger partial charge in [0.25, 0.3) is 0 Å². The van der Waals surface area contributed by atoms with Gasteiger partial charge in [-0.05, 0) is 38.5 Å². The van der Waals surface area contributed by atoms with Gasteiger partial charge in [0.15, 0.2) is 0 Å². The Morgan fingerprint density at radius 1 is 1.38 bits per heavy atom. The highest BCUT2D eigenvalue weighted by Crippen LogP contribution is 2.17. The number of carbonyl (C=O) groups is 2. The molecule has 0 aromatic heterocycles. The molecule has 2 N–H and O–H groups in total. The Bertz CT molecular complexity index is 445. The van der Waals surface area contributed by atoms with E-state index >= 15 is 0 Å². The van der Waals surface area contributed by atoms with Crippen molar-refractivity contribution in [3.05, 3.63) is 34.1 Å². The third-order valence-electron chi connectivity index (χ3n) is 1.77. The van der Waals surface area contributed by atoms with Gasteiger partial charge in [-0.2, -0.15) is 0 Å². The van der Waals surface area contributed by atoms with E-state index in [9.17, 15) is 9.18 Å². The molecule has 1 aromatic rings. The maximum absolute atomic E-state index is 13.4. The maximum Gasteiger partial charge on any atom is 0.310 e. The van der Waals surface area contributed by atoms with Gasteiger partial charge in [0.1, 0.15) is 11.4 Å². The number of carbonyl (C=O) groups excluding carboxylic acids is 2. The summed E-state index contributed by atoms with van der Waals surface area (Å²) in [6.45, 7) is 9.34. The number of benzene rings is 1. The molecule has 6 heteroatoms. The van der Waals surface area contributed by atoms with Crippen LogP contribution in [0.25, 0.3) is 0 Å². The van der Waals surface area contributed by atoms with Crippen LogP contribution in [0.15, 0.2) is 22.7 Å². The number of halogens is 2. The molecule has 1 amide bonds. The van der Waals surface area contributed by atoms with Crippen molar-refractivity contribution in [2.45, 2.75) is 46.6 Å². The highest BCUT2D eigenvalue weighted by Gasteiger charge is 2.17. The van der Waals surface area contributed by atoms with Crippen molar-refractivity contribution in [2.75, 3.05) is 0 Å². The molecule has 0 radical (unpaired) electrons. The van der Waals surface area contributed by atoms with Crippen LogP contribution >= 0.6 is 15.9 Å². The first-order valence-electron chi connectivity index (χ1n) is 6.50. The normalized spacial score (nSPS) is 9.48. The molecule has 4 nitrogen and oxygen atoms in total. The maximum atomic E-state index is 13.4. The minimum atomic E-state index is -0.539. The zero-order valence-corrected chi connectivity index (χ0v) is 14.7. The SMILES string of the molecule is CC.CC(C)(C)OC(=O)Cc1ccc(Br)cc1F.NC=O. The summed E-state index contributed by atoms with van der Waals surface area (Å²) in [5.41, 5.74) is 3.97. The Morgan fingerprint density at radius 3 is 2.24 bits per heavy atom. The van der Waals surface area contributed by atoms with Crippen LogP contribution in [0.4, 0.5) is 4.39 Å². The summed E-state index contributed by atoms with van der Waals surface area (Å²) in [6, 6.07) is 4.60. The molecule has 0 atom stereocenters. The summed E-state index contributed by atoms with van der Waals surface area (Å²) >= 11 is 3.16. The van der Waals surface area contributed by atoms with Crippen molar-refractivity contribution in [3.8, 4) is 0 Å². The zero-order chi connectivity index (χ0) is 17.1. The first-order valence-corrected chi connectivity index (χ1v) is 7.30. The van der Waals surface area contributed by atoms with Gasteiger partial charge in [0.2, 0.25) is 6.41 Å². The number of esters is 1. The molecule has 1 aromatic carbocycles. The highest BCUT2D eigenvalue weighted by molar-refractivity contribution is 9.10. The molecule has 0 fully saturated rings. The third kappa shape index (κ3) is 12.1. The number of ether oxygens (including phenoxy) is 1. The molecular weight excluding hydrogens is 341 g/mol. The Balaban J connectivity index is 0. The van der Waals surface area contributed by atoms with Gasteiger partial charge >= 0.3 is 5.97 Å². The summed E-state index contributed by atoms with van der Waals surface area (Å²) in [5.74, 6) is -0.825. The van der Waals surface area contributed by atoms with Crippen molar-refractivity contribution in [3.63, 3.8) is 0 Å². The van der Waals surface area contributed by atoms with E-state index in [4.69, 9.17) is 9.53 Å². The largest absolute Gasteiger partial charge is 0.460 e. The van der Waals surface area contributed by atoms with E-state index in [0.29, 0.717) is 10.0 Å². The molecule has 0 saturated carbocycles. The summed E-state index contributed by atoms with van der Waals surface area (Å²) in [7, 11) is 0. The summed E-state index contributed by atoms with van der Waals surface area (Å²) in [5, 5.41) is 0. The fourth-order valence-corrected chi connectivity index (χ4v) is 1.53. The number of primary amides is 1. The highest BCUT2D eigenvalue weighted by atomic mass is 79.9. The number of amides is 1. The first-order chi connectivity index (χ1) is 9.69. The van der Waals surface area contributed by atoms with E-state index in [0.717, 1.165) is 0 Å². The van der Waals surface area contributed by atoms with Crippen molar-refractivity contribution in [2.24, 2.45) is 5.73 Å². The predicted octanol–water partition coefficient (Wildman–Crippen LogP) is 3.60. The Kier molecular flexibility index (Phi) is 11.7. The van der Waals surface area contributed by atoms with Crippen LogP contribution in [-0.4, -0.2) is 18.0 Å². The van der Waals surface area contributed by atoms with Crippen LogP contribution in [0.2, 0.25) is 0 Å². The van der Waals surface area contributed by atoms with E-state index in [1.807, 2.05) is 13.8 Å². The van der Waals surface area contributed by atoms with E-state index in [2.05, 4.69) is 21.7 Å². The Labute approximate surface area is 134 Å². The molecule has 0 unspecified atom stereocenters.